The van der Waals surface area contributed by atoms with Crippen molar-refractivity contribution in [1.82, 2.24) is 20.9 Å². The lowest BCUT2D eigenvalue weighted by molar-refractivity contribution is -0.139. The number of benzene rings is 1. The lowest BCUT2D eigenvalue weighted by atomic mass is 10.00. The van der Waals surface area contributed by atoms with E-state index in [0.29, 0.717) is 25.8 Å². The molecule has 4 atom stereocenters. The summed E-state index contributed by atoms with van der Waals surface area (Å²) in [5.41, 5.74) is 0.768. The van der Waals surface area contributed by atoms with E-state index in [9.17, 15) is 24.3 Å². The largest absolute Gasteiger partial charge is 0.508 e. The van der Waals surface area contributed by atoms with Crippen molar-refractivity contribution >= 4 is 24.0 Å². The van der Waals surface area contributed by atoms with Crippen molar-refractivity contribution in [3.8, 4) is 5.75 Å². The number of rotatable bonds is 10. The first-order chi connectivity index (χ1) is 16.3. The van der Waals surface area contributed by atoms with Crippen molar-refractivity contribution in [3.05, 3.63) is 29.8 Å². The molecule has 9 heteroatoms. The Morgan fingerprint density at radius 2 is 1.85 bits per heavy atom. The van der Waals surface area contributed by atoms with Gasteiger partial charge >= 0.3 is 0 Å². The molecule has 0 aromatic heterocycles. The molecular formula is C25H36N4O5. The number of amides is 3. The van der Waals surface area contributed by atoms with E-state index in [0.717, 1.165) is 31.2 Å². The first-order valence-electron chi connectivity index (χ1n) is 12.2. The van der Waals surface area contributed by atoms with Crippen molar-refractivity contribution < 1.29 is 24.3 Å². The molecule has 1 aromatic rings. The third-order valence-corrected chi connectivity index (χ3v) is 6.45. The number of hydrogen-bond donors (Lipinski definition) is 4. The molecule has 2 heterocycles. The van der Waals surface area contributed by atoms with Gasteiger partial charge in [0.05, 0.1) is 12.1 Å². The van der Waals surface area contributed by atoms with Gasteiger partial charge in [-0.3, -0.25) is 14.4 Å². The van der Waals surface area contributed by atoms with Crippen LogP contribution in [0.3, 0.4) is 0 Å². The number of carbonyl (C=O) groups excluding carboxylic acids is 4. The summed E-state index contributed by atoms with van der Waals surface area (Å²) in [6.45, 7) is 5.18. The number of nitrogens with zero attached hydrogens (tertiary/aromatic N) is 1. The molecule has 0 radical (unpaired) electrons. The lowest BCUT2D eigenvalue weighted by Crippen LogP contribution is -2.57. The van der Waals surface area contributed by atoms with Gasteiger partial charge in [-0.1, -0.05) is 26.0 Å². The van der Waals surface area contributed by atoms with Crippen molar-refractivity contribution in [2.24, 2.45) is 5.92 Å². The molecule has 186 valence electrons. The van der Waals surface area contributed by atoms with E-state index in [1.807, 2.05) is 13.8 Å². The number of carbonyl (C=O) groups is 4. The van der Waals surface area contributed by atoms with E-state index >= 15 is 0 Å². The highest BCUT2D eigenvalue weighted by Gasteiger charge is 2.35. The minimum absolute atomic E-state index is 0.113. The maximum absolute atomic E-state index is 13.4. The van der Waals surface area contributed by atoms with Crippen LogP contribution in [-0.4, -0.2) is 71.3 Å². The number of aldehydes is 1. The van der Waals surface area contributed by atoms with Gasteiger partial charge in [0.15, 0.2) is 0 Å². The van der Waals surface area contributed by atoms with E-state index < -0.39 is 24.0 Å². The molecule has 1 aromatic carbocycles. The number of aromatic hydroxyl groups is 1. The summed E-state index contributed by atoms with van der Waals surface area (Å²) in [6.07, 6.45) is 4.42. The molecule has 2 fully saturated rings. The van der Waals surface area contributed by atoms with Crippen molar-refractivity contribution in [3.63, 3.8) is 0 Å². The number of nitrogens with one attached hydrogen (secondary N) is 3. The zero-order valence-corrected chi connectivity index (χ0v) is 20.0. The van der Waals surface area contributed by atoms with Crippen LogP contribution in [0, 0.1) is 5.92 Å². The molecule has 2 aliphatic rings. The van der Waals surface area contributed by atoms with Gasteiger partial charge in [-0.05, 0) is 62.3 Å². The van der Waals surface area contributed by atoms with E-state index in [4.69, 9.17) is 0 Å². The fourth-order valence-corrected chi connectivity index (χ4v) is 4.63. The highest BCUT2D eigenvalue weighted by atomic mass is 16.3. The van der Waals surface area contributed by atoms with Crippen LogP contribution >= 0.6 is 0 Å². The molecule has 0 bridgehead atoms. The van der Waals surface area contributed by atoms with Gasteiger partial charge in [-0.2, -0.15) is 0 Å². The van der Waals surface area contributed by atoms with Gasteiger partial charge in [0.25, 0.3) is 0 Å². The SMILES string of the molecule is CC(C)C[C@H](NC(=O)[C@H](Cc1ccc(O)cc1)NC(=O)[C@@H]1CCCN1)C(=O)N1CCC[C@H]1C=O. The zero-order valence-electron chi connectivity index (χ0n) is 20.0. The quantitative estimate of drug-likeness (QED) is 0.375. The molecular weight excluding hydrogens is 436 g/mol. The second-order valence-electron chi connectivity index (χ2n) is 9.65. The van der Waals surface area contributed by atoms with Gasteiger partial charge in [-0.15, -0.1) is 0 Å². The second kappa shape index (κ2) is 12.0. The molecule has 34 heavy (non-hydrogen) atoms. The summed E-state index contributed by atoms with van der Waals surface area (Å²) < 4.78 is 0. The van der Waals surface area contributed by atoms with Crippen LogP contribution in [0.2, 0.25) is 0 Å². The van der Waals surface area contributed by atoms with Crippen LogP contribution in [0.25, 0.3) is 0 Å². The fraction of sp³-hybridized carbons (Fsp3) is 0.600. The van der Waals surface area contributed by atoms with Crippen molar-refractivity contribution in [2.75, 3.05) is 13.1 Å². The van der Waals surface area contributed by atoms with Crippen LogP contribution in [-0.2, 0) is 25.6 Å². The Balaban J connectivity index is 1.76. The summed E-state index contributed by atoms with van der Waals surface area (Å²) in [4.78, 5) is 52.4. The summed E-state index contributed by atoms with van der Waals surface area (Å²) in [6, 6.07) is 3.99. The Morgan fingerprint density at radius 3 is 2.47 bits per heavy atom. The third-order valence-electron chi connectivity index (χ3n) is 6.45. The second-order valence-corrected chi connectivity index (χ2v) is 9.65. The topological polar surface area (TPSA) is 128 Å². The molecule has 0 aliphatic carbocycles. The summed E-state index contributed by atoms with van der Waals surface area (Å²) in [5.74, 6) is -0.700. The highest BCUT2D eigenvalue weighted by molar-refractivity contribution is 5.94. The van der Waals surface area contributed by atoms with Crippen LogP contribution in [0.5, 0.6) is 5.75 Å². The predicted molar refractivity (Wildman–Crippen MR) is 127 cm³/mol. The smallest absolute Gasteiger partial charge is 0.245 e. The number of hydrogen-bond acceptors (Lipinski definition) is 6. The number of phenolic OH excluding ortho intramolecular Hbond substituents is 1. The molecule has 2 aliphatic heterocycles. The molecule has 2 saturated heterocycles. The van der Waals surface area contributed by atoms with Gasteiger partial charge in [0.2, 0.25) is 17.7 Å². The summed E-state index contributed by atoms with van der Waals surface area (Å²) >= 11 is 0. The Bertz CT molecular complexity index is 867. The third kappa shape index (κ3) is 6.79. The molecule has 3 amide bonds. The minimum Gasteiger partial charge on any atom is -0.508 e. The first kappa shape index (κ1) is 25.7. The number of phenols is 1. The molecule has 0 spiro atoms. The molecule has 0 unspecified atom stereocenters. The standard InChI is InChI=1S/C25H36N4O5/c1-16(2)13-22(25(34)29-12-4-5-18(29)15-30)28-24(33)21(14-17-7-9-19(31)10-8-17)27-23(32)20-6-3-11-26-20/h7-10,15-16,18,20-22,26,31H,3-6,11-14H2,1-2H3,(H,27,32)(H,28,33)/t18-,20-,21-,22-/m0/s1. The Kier molecular flexibility index (Phi) is 9.04. The van der Waals surface area contributed by atoms with Gasteiger partial charge in [0, 0.05) is 13.0 Å². The molecule has 4 N–H and O–H groups in total. The minimum atomic E-state index is -0.887. The summed E-state index contributed by atoms with van der Waals surface area (Å²) in [5, 5.41) is 18.4. The summed E-state index contributed by atoms with van der Waals surface area (Å²) in [7, 11) is 0. The molecule has 3 rings (SSSR count). The average Bonchev–Trinajstić information content (AvgIpc) is 3.51. The normalized spacial score (nSPS) is 21.8. The predicted octanol–water partition coefficient (Wildman–Crippen LogP) is 0.892. The average molecular weight is 473 g/mol. The lowest BCUT2D eigenvalue weighted by Gasteiger charge is -2.29. The van der Waals surface area contributed by atoms with Crippen LogP contribution in [0.4, 0.5) is 0 Å². The maximum atomic E-state index is 13.4. The fourth-order valence-electron chi connectivity index (χ4n) is 4.63. The van der Waals surface area contributed by atoms with Gasteiger partial charge in [0.1, 0.15) is 24.1 Å². The maximum Gasteiger partial charge on any atom is 0.245 e. The molecule has 9 nitrogen and oxygen atoms in total. The first-order valence-corrected chi connectivity index (χ1v) is 12.2. The Morgan fingerprint density at radius 1 is 1.12 bits per heavy atom. The monoisotopic (exact) mass is 472 g/mol. The van der Waals surface area contributed by atoms with Gasteiger partial charge in [-0.25, -0.2) is 0 Å². The van der Waals surface area contributed by atoms with Crippen molar-refractivity contribution in [1.29, 1.82) is 0 Å². The van der Waals surface area contributed by atoms with Gasteiger partial charge < -0.3 is 30.8 Å². The van der Waals surface area contributed by atoms with E-state index in [1.165, 1.54) is 12.1 Å². The van der Waals surface area contributed by atoms with Crippen molar-refractivity contribution in [2.45, 2.75) is 76.5 Å². The Labute approximate surface area is 200 Å². The number of likely N-dealkylation sites (tertiary alicyclic amines) is 1. The van der Waals surface area contributed by atoms with E-state index in [-0.39, 0.29) is 35.9 Å². The van der Waals surface area contributed by atoms with Crippen LogP contribution < -0.4 is 16.0 Å². The highest BCUT2D eigenvalue weighted by Crippen LogP contribution is 2.19. The zero-order chi connectivity index (χ0) is 24.7. The van der Waals surface area contributed by atoms with E-state index in [1.54, 1.807) is 17.0 Å². The Hall–Kier alpha value is -2.94. The van der Waals surface area contributed by atoms with Crippen LogP contribution in [0.15, 0.2) is 24.3 Å². The van der Waals surface area contributed by atoms with E-state index in [2.05, 4.69) is 16.0 Å². The molecule has 0 saturated carbocycles. The van der Waals surface area contributed by atoms with Crippen LogP contribution in [0.1, 0.15) is 51.5 Å².